The topological polar surface area (TPSA) is 130 Å². The molecule has 0 heterocycles. The first-order valence-corrected chi connectivity index (χ1v) is 5.35. The van der Waals surface area contributed by atoms with E-state index in [0.717, 1.165) is 6.07 Å². The maximum Gasteiger partial charge on any atom is 0.326 e. The van der Waals surface area contributed by atoms with Crippen molar-refractivity contribution in [3.63, 3.8) is 0 Å². The fraction of sp³-hybridized carbons (Fsp3) is 0.273. The number of rotatable bonds is 6. The molecule has 0 aliphatic heterocycles. The molecule has 0 bridgehead atoms. The Kier molecular flexibility index (Phi) is 4.95. The number of nitrogens with zero attached hydrogens (tertiary/aromatic N) is 1. The molecule has 3 N–H and O–H groups in total. The normalized spacial score (nSPS) is 11.6. The third kappa shape index (κ3) is 3.75. The summed E-state index contributed by atoms with van der Waals surface area (Å²) in [6.07, 6.45) is -0.179. The van der Waals surface area contributed by atoms with Crippen LogP contribution in [-0.4, -0.2) is 39.7 Å². The maximum absolute atomic E-state index is 11.8. The Balaban J connectivity index is 2.94. The van der Waals surface area contributed by atoms with Crippen molar-refractivity contribution in [3.8, 4) is 0 Å². The van der Waals surface area contributed by atoms with Crippen LogP contribution in [0.3, 0.4) is 0 Å². The van der Waals surface area contributed by atoms with Gasteiger partial charge < -0.3 is 15.5 Å². The molecule has 0 aliphatic rings. The molecule has 102 valence electrons. The first-order valence-electron chi connectivity index (χ1n) is 5.35. The average Bonchev–Trinajstić information content (AvgIpc) is 2.37. The van der Waals surface area contributed by atoms with Gasteiger partial charge in [-0.15, -0.1) is 0 Å². The van der Waals surface area contributed by atoms with E-state index in [1.165, 1.54) is 18.2 Å². The highest BCUT2D eigenvalue weighted by atomic mass is 16.6. The number of carboxylic acid groups (broad SMARTS) is 1. The maximum atomic E-state index is 11.8. The van der Waals surface area contributed by atoms with Gasteiger partial charge in [-0.05, 0) is 6.07 Å². The lowest BCUT2D eigenvalue weighted by atomic mass is 10.1. The van der Waals surface area contributed by atoms with Crippen molar-refractivity contribution >= 4 is 17.6 Å². The second-order valence-electron chi connectivity index (χ2n) is 3.65. The second kappa shape index (κ2) is 6.45. The third-order valence-electron chi connectivity index (χ3n) is 2.37. The fourth-order valence-corrected chi connectivity index (χ4v) is 1.45. The van der Waals surface area contributed by atoms with Crippen LogP contribution in [0, 0.1) is 10.1 Å². The number of hydrogen-bond acceptors (Lipinski definition) is 5. The summed E-state index contributed by atoms with van der Waals surface area (Å²) in [5.74, 6) is -2.19. The Bertz CT molecular complexity index is 502. The zero-order valence-electron chi connectivity index (χ0n) is 9.78. The predicted octanol–water partition coefficient (Wildman–Crippen LogP) is 0.160. The summed E-state index contributed by atoms with van der Waals surface area (Å²) < 4.78 is 0. The van der Waals surface area contributed by atoms with Crippen molar-refractivity contribution < 1.29 is 24.7 Å². The smallest absolute Gasteiger partial charge is 0.326 e. The van der Waals surface area contributed by atoms with E-state index in [1.54, 1.807) is 0 Å². The quantitative estimate of drug-likeness (QED) is 0.497. The van der Waals surface area contributed by atoms with Crippen molar-refractivity contribution in [3.05, 3.63) is 39.9 Å². The van der Waals surface area contributed by atoms with Crippen molar-refractivity contribution in [2.75, 3.05) is 6.61 Å². The highest BCUT2D eigenvalue weighted by Gasteiger charge is 2.24. The van der Waals surface area contributed by atoms with Crippen LogP contribution in [0.2, 0.25) is 0 Å². The van der Waals surface area contributed by atoms with Gasteiger partial charge in [0.25, 0.3) is 11.6 Å². The largest absolute Gasteiger partial charge is 0.480 e. The molecule has 0 spiro atoms. The summed E-state index contributed by atoms with van der Waals surface area (Å²) in [5.41, 5.74) is -0.634. The number of benzene rings is 1. The molecule has 0 aromatic heterocycles. The first-order chi connectivity index (χ1) is 8.97. The standard InChI is InChI=1S/C11H12N2O6/c14-6-5-8(11(16)17)12-10(15)7-3-1-2-4-9(7)13(18)19/h1-4,8,14H,5-6H2,(H,12,15)(H,16,17)/t8-/m1/s1. The van der Waals surface area contributed by atoms with E-state index >= 15 is 0 Å². The van der Waals surface area contributed by atoms with Crippen molar-refractivity contribution in [1.29, 1.82) is 0 Å². The summed E-state index contributed by atoms with van der Waals surface area (Å²) in [6.45, 7) is -0.422. The molecule has 1 aromatic rings. The molecule has 1 rings (SSSR count). The number of para-hydroxylation sites is 1. The van der Waals surface area contributed by atoms with E-state index in [2.05, 4.69) is 5.32 Å². The van der Waals surface area contributed by atoms with Crippen molar-refractivity contribution in [2.45, 2.75) is 12.5 Å². The van der Waals surface area contributed by atoms with Crippen LogP contribution in [0.5, 0.6) is 0 Å². The van der Waals surface area contributed by atoms with Crippen LogP contribution in [0.1, 0.15) is 16.8 Å². The number of nitro benzene ring substituents is 1. The van der Waals surface area contributed by atoms with Crippen LogP contribution in [-0.2, 0) is 4.79 Å². The van der Waals surface area contributed by atoms with Crippen molar-refractivity contribution in [1.82, 2.24) is 5.32 Å². The minimum absolute atomic E-state index is 0.179. The molecule has 0 radical (unpaired) electrons. The van der Waals surface area contributed by atoms with E-state index in [4.69, 9.17) is 10.2 Å². The molecule has 0 saturated carbocycles. The molecule has 19 heavy (non-hydrogen) atoms. The predicted molar refractivity (Wildman–Crippen MR) is 63.7 cm³/mol. The number of nitro groups is 1. The molecular weight excluding hydrogens is 256 g/mol. The van der Waals surface area contributed by atoms with E-state index in [1.807, 2.05) is 0 Å². The van der Waals surface area contributed by atoms with Gasteiger partial charge in [-0.1, -0.05) is 12.1 Å². The molecule has 8 heteroatoms. The third-order valence-corrected chi connectivity index (χ3v) is 2.37. The molecule has 0 unspecified atom stereocenters. The number of carbonyl (C=O) groups excluding carboxylic acids is 1. The van der Waals surface area contributed by atoms with E-state index in [-0.39, 0.29) is 12.0 Å². The van der Waals surface area contributed by atoms with Crippen LogP contribution in [0.25, 0.3) is 0 Å². The number of aliphatic carboxylic acids is 1. The Hall–Kier alpha value is -2.48. The molecular formula is C11H12N2O6. The Morgan fingerprint density at radius 2 is 2.00 bits per heavy atom. The van der Waals surface area contributed by atoms with Crippen LogP contribution in [0.4, 0.5) is 5.69 Å². The zero-order valence-corrected chi connectivity index (χ0v) is 9.78. The van der Waals surface area contributed by atoms with Gasteiger partial charge in [-0.25, -0.2) is 4.79 Å². The first kappa shape index (κ1) is 14.6. The van der Waals surface area contributed by atoms with Gasteiger partial charge in [0, 0.05) is 19.1 Å². The highest BCUT2D eigenvalue weighted by molar-refractivity contribution is 5.99. The number of aliphatic hydroxyl groups excluding tert-OH is 1. The molecule has 8 nitrogen and oxygen atoms in total. The zero-order chi connectivity index (χ0) is 14.4. The summed E-state index contributed by atoms with van der Waals surface area (Å²) in [5, 5.41) is 30.4. The lowest BCUT2D eigenvalue weighted by Gasteiger charge is -2.13. The molecule has 1 aromatic carbocycles. The van der Waals surface area contributed by atoms with E-state index in [9.17, 15) is 19.7 Å². The minimum atomic E-state index is -1.32. The number of nitrogens with one attached hydrogen (secondary N) is 1. The Labute approximate surface area is 107 Å². The monoisotopic (exact) mass is 268 g/mol. The molecule has 0 fully saturated rings. The van der Waals surface area contributed by atoms with Crippen LogP contribution >= 0.6 is 0 Å². The summed E-state index contributed by atoms with van der Waals surface area (Å²) in [4.78, 5) is 32.6. The minimum Gasteiger partial charge on any atom is -0.480 e. The molecule has 0 saturated heterocycles. The van der Waals surface area contributed by atoms with Gasteiger partial charge in [-0.2, -0.15) is 0 Å². The molecule has 0 aliphatic carbocycles. The Morgan fingerprint density at radius 3 is 2.53 bits per heavy atom. The number of aliphatic hydroxyl groups is 1. The van der Waals surface area contributed by atoms with Gasteiger partial charge in [0.15, 0.2) is 0 Å². The van der Waals surface area contributed by atoms with Gasteiger partial charge in [0.1, 0.15) is 11.6 Å². The number of amides is 1. The average molecular weight is 268 g/mol. The van der Waals surface area contributed by atoms with Gasteiger partial charge in [0.2, 0.25) is 0 Å². The Morgan fingerprint density at radius 1 is 1.37 bits per heavy atom. The number of carboxylic acids is 1. The number of hydrogen-bond donors (Lipinski definition) is 3. The molecule has 1 amide bonds. The van der Waals surface area contributed by atoms with Crippen LogP contribution in [0.15, 0.2) is 24.3 Å². The fourth-order valence-electron chi connectivity index (χ4n) is 1.45. The van der Waals surface area contributed by atoms with E-state index < -0.39 is 35.1 Å². The molecule has 1 atom stereocenters. The highest BCUT2D eigenvalue weighted by Crippen LogP contribution is 2.17. The number of carbonyl (C=O) groups is 2. The van der Waals surface area contributed by atoms with Gasteiger partial charge >= 0.3 is 5.97 Å². The lowest BCUT2D eigenvalue weighted by molar-refractivity contribution is -0.385. The summed E-state index contributed by atoms with van der Waals surface area (Å²) in [7, 11) is 0. The lowest BCUT2D eigenvalue weighted by Crippen LogP contribution is -2.41. The summed E-state index contributed by atoms with van der Waals surface area (Å²) >= 11 is 0. The van der Waals surface area contributed by atoms with Crippen LogP contribution < -0.4 is 5.32 Å². The second-order valence-corrected chi connectivity index (χ2v) is 3.65. The van der Waals surface area contributed by atoms with Gasteiger partial charge in [-0.3, -0.25) is 14.9 Å². The van der Waals surface area contributed by atoms with Gasteiger partial charge in [0.05, 0.1) is 4.92 Å². The SMILES string of the molecule is O=C(N[C@H](CCO)C(=O)O)c1ccccc1[N+](=O)[O-]. The summed E-state index contributed by atoms with van der Waals surface area (Å²) in [6, 6.07) is 3.92. The van der Waals surface area contributed by atoms with Crippen molar-refractivity contribution in [2.24, 2.45) is 0 Å². The van der Waals surface area contributed by atoms with E-state index in [0.29, 0.717) is 0 Å².